The zero-order valence-corrected chi connectivity index (χ0v) is 18.2. The number of quaternary nitrogens is 1. The van der Waals surface area contributed by atoms with E-state index in [-0.39, 0.29) is 11.6 Å². The van der Waals surface area contributed by atoms with E-state index in [4.69, 9.17) is 4.74 Å². The monoisotopic (exact) mass is 411 g/mol. The van der Waals surface area contributed by atoms with Gasteiger partial charge in [0.25, 0.3) is 5.56 Å². The molecule has 8 heteroatoms. The second kappa shape index (κ2) is 8.65. The molecule has 0 saturated carbocycles. The van der Waals surface area contributed by atoms with E-state index in [1.807, 2.05) is 19.1 Å². The Hall–Kier alpha value is -2.58. The molecule has 1 atom stereocenters. The van der Waals surface area contributed by atoms with Crippen molar-refractivity contribution in [2.75, 3.05) is 26.8 Å². The number of aromatic amines is 1. The van der Waals surface area contributed by atoms with Gasteiger partial charge in [0.2, 0.25) is 5.82 Å². The lowest BCUT2D eigenvalue weighted by atomic mass is 9.94. The summed E-state index contributed by atoms with van der Waals surface area (Å²) in [6.45, 7) is 9.49. The highest BCUT2D eigenvalue weighted by molar-refractivity contribution is 5.83. The van der Waals surface area contributed by atoms with Crippen LogP contribution in [0.1, 0.15) is 48.3 Å². The number of tetrazole rings is 1. The molecule has 8 nitrogen and oxygen atoms in total. The quantitative estimate of drug-likeness (QED) is 0.636. The average molecular weight is 412 g/mol. The van der Waals surface area contributed by atoms with Crippen LogP contribution in [0, 0.1) is 19.8 Å². The summed E-state index contributed by atoms with van der Waals surface area (Å²) in [6.07, 6.45) is 2.27. The molecule has 0 unspecified atom stereocenters. The van der Waals surface area contributed by atoms with Crippen molar-refractivity contribution >= 4 is 10.9 Å². The number of aryl methyl sites for hydroxylation is 2. The van der Waals surface area contributed by atoms with Crippen molar-refractivity contribution in [1.29, 1.82) is 0 Å². The Morgan fingerprint density at radius 3 is 2.77 bits per heavy atom. The zero-order chi connectivity index (χ0) is 21.3. The Morgan fingerprint density at radius 1 is 1.27 bits per heavy atom. The molecular formula is C22H31N6O2+. The maximum Gasteiger partial charge on any atom is 0.258 e. The van der Waals surface area contributed by atoms with Gasteiger partial charge in [-0.15, -0.1) is 5.10 Å². The molecule has 1 fully saturated rings. The van der Waals surface area contributed by atoms with Crippen LogP contribution in [0.2, 0.25) is 0 Å². The van der Waals surface area contributed by atoms with Gasteiger partial charge in [-0.1, -0.05) is 13.0 Å². The Kier molecular flexibility index (Phi) is 5.97. The molecule has 0 radical (unpaired) electrons. The Balaban J connectivity index is 1.85. The summed E-state index contributed by atoms with van der Waals surface area (Å²) in [7, 11) is 1.66. The van der Waals surface area contributed by atoms with Gasteiger partial charge in [-0.3, -0.25) is 4.79 Å². The molecule has 0 amide bonds. The van der Waals surface area contributed by atoms with E-state index in [0.29, 0.717) is 19.1 Å². The first-order chi connectivity index (χ1) is 14.5. The van der Waals surface area contributed by atoms with E-state index < -0.39 is 0 Å². The van der Waals surface area contributed by atoms with Gasteiger partial charge in [0.1, 0.15) is 0 Å². The Morgan fingerprint density at radius 2 is 2.03 bits per heavy atom. The van der Waals surface area contributed by atoms with Crippen molar-refractivity contribution in [2.24, 2.45) is 5.92 Å². The minimum atomic E-state index is -0.210. The minimum absolute atomic E-state index is 0.0649. The molecule has 0 bridgehead atoms. The van der Waals surface area contributed by atoms with E-state index in [0.717, 1.165) is 59.3 Å². The number of aromatic nitrogens is 5. The van der Waals surface area contributed by atoms with Crippen molar-refractivity contribution in [1.82, 2.24) is 25.2 Å². The number of ether oxygens (including phenoxy) is 1. The van der Waals surface area contributed by atoms with Gasteiger partial charge in [-0.05, 0) is 66.3 Å². The second-order valence-corrected chi connectivity index (χ2v) is 8.62. The number of hydrogen-bond donors (Lipinski definition) is 2. The van der Waals surface area contributed by atoms with Crippen molar-refractivity contribution in [3.63, 3.8) is 0 Å². The number of nitrogens with one attached hydrogen (secondary N) is 2. The summed E-state index contributed by atoms with van der Waals surface area (Å²) >= 11 is 0. The van der Waals surface area contributed by atoms with Gasteiger partial charge in [-0.2, -0.15) is 0 Å². The molecule has 1 aliphatic heterocycles. The predicted octanol–water partition coefficient (Wildman–Crippen LogP) is 1.18. The lowest BCUT2D eigenvalue weighted by Gasteiger charge is -2.33. The SMILES string of the molecule is COCCn1nnnc1[C@H](c1cc2c(C)cc(C)cc2[nH]c1=O)[NH+]1CCC(C)CC1. The smallest absolute Gasteiger partial charge is 0.258 e. The number of benzene rings is 1. The number of piperidine rings is 1. The zero-order valence-electron chi connectivity index (χ0n) is 18.2. The van der Waals surface area contributed by atoms with Crippen LogP contribution in [0.15, 0.2) is 23.0 Å². The average Bonchev–Trinajstić information content (AvgIpc) is 3.16. The maximum absolute atomic E-state index is 13.3. The molecule has 2 aromatic heterocycles. The fourth-order valence-corrected chi connectivity index (χ4v) is 4.62. The van der Waals surface area contributed by atoms with Gasteiger partial charge >= 0.3 is 0 Å². The van der Waals surface area contributed by atoms with E-state index in [1.165, 1.54) is 4.90 Å². The molecule has 1 aliphatic rings. The van der Waals surface area contributed by atoms with E-state index in [9.17, 15) is 4.79 Å². The number of H-pyrrole nitrogens is 1. The summed E-state index contributed by atoms with van der Waals surface area (Å²) in [5.41, 5.74) is 3.83. The van der Waals surface area contributed by atoms with Crippen LogP contribution in [0.3, 0.4) is 0 Å². The van der Waals surface area contributed by atoms with Gasteiger partial charge in [0.05, 0.1) is 31.8 Å². The van der Waals surface area contributed by atoms with Gasteiger partial charge in [0.15, 0.2) is 6.04 Å². The summed E-state index contributed by atoms with van der Waals surface area (Å²) in [5.74, 6) is 1.44. The van der Waals surface area contributed by atoms with Crippen LogP contribution in [-0.2, 0) is 11.3 Å². The number of hydrogen-bond acceptors (Lipinski definition) is 5. The molecule has 3 aromatic rings. The second-order valence-electron chi connectivity index (χ2n) is 8.62. The van der Waals surface area contributed by atoms with Gasteiger partial charge in [0, 0.05) is 18.0 Å². The molecule has 160 valence electrons. The number of likely N-dealkylation sites (tertiary alicyclic amines) is 1. The van der Waals surface area contributed by atoms with Crippen LogP contribution < -0.4 is 10.5 Å². The third-order valence-corrected chi connectivity index (χ3v) is 6.30. The van der Waals surface area contributed by atoms with Crippen molar-refractivity contribution in [2.45, 2.75) is 46.2 Å². The van der Waals surface area contributed by atoms with Crippen LogP contribution >= 0.6 is 0 Å². The number of pyridine rings is 1. The van der Waals surface area contributed by atoms with Crippen molar-refractivity contribution < 1.29 is 9.64 Å². The largest absolute Gasteiger partial charge is 0.383 e. The number of methoxy groups -OCH3 is 1. The first-order valence-corrected chi connectivity index (χ1v) is 10.7. The molecule has 3 heterocycles. The Labute approximate surface area is 176 Å². The van der Waals surface area contributed by atoms with Crippen LogP contribution in [-0.4, -0.2) is 52.0 Å². The fraction of sp³-hybridized carbons (Fsp3) is 0.545. The minimum Gasteiger partial charge on any atom is -0.383 e. The lowest BCUT2D eigenvalue weighted by Crippen LogP contribution is -3.13. The van der Waals surface area contributed by atoms with Crippen molar-refractivity contribution in [3.8, 4) is 0 Å². The van der Waals surface area contributed by atoms with E-state index in [1.54, 1.807) is 11.8 Å². The topological polar surface area (TPSA) is 90.1 Å². The van der Waals surface area contributed by atoms with Crippen LogP contribution in [0.4, 0.5) is 0 Å². The molecule has 2 N–H and O–H groups in total. The van der Waals surface area contributed by atoms with Gasteiger partial charge in [-0.25, -0.2) is 4.68 Å². The third kappa shape index (κ3) is 4.02. The number of nitrogens with zero attached hydrogens (tertiary/aromatic N) is 4. The van der Waals surface area contributed by atoms with Crippen LogP contribution in [0.5, 0.6) is 0 Å². The first kappa shape index (κ1) is 20.7. The first-order valence-electron chi connectivity index (χ1n) is 10.7. The summed E-state index contributed by atoms with van der Waals surface area (Å²) < 4.78 is 7.01. The molecule has 30 heavy (non-hydrogen) atoms. The van der Waals surface area contributed by atoms with E-state index >= 15 is 0 Å². The molecule has 0 aliphatic carbocycles. The maximum atomic E-state index is 13.3. The normalized spacial score (nSPS) is 20.5. The van der Waals surface area contributed by atoms with Crippen molar-refractivity contribution in [3.05, 3.63) is 51.1 Å². The summed E-state index contributed by atoms with van der Waals surface area (Å²) in [4.78, 5) is 17.7. The predicted molar refractivity (Wildman–Crippen MR) is 115 cm³/mol. The standard InChI is InChI=1S/C22H30N6O2/c1-14-5-7-27(8-6-14)20(21-24-25-26-28(21)9-10-30-4)18-13-17-16(3)11-15(2)12-19(17)23-22(18)29/h11-14,20H,5-10H2,1-4H3,(H,23,29)/p+1/t20-/m0/s1. The highest BCUT2D eigenvalue weighted by atomic mass is 16.5. The fourth-order valence-electron chi connectivity index (χ4n) is 4.62. The molecule has 1 aromatic carbocycles. The molecular weight excluding hydrogens is 380 g/mol. The van der Waals surface area contributed by atoms with Gasteiger partial charge < -0.3 is 14.6 Å². The molecule has 0 spiro atoms. The summed E-state index contributed by atoms with van der Waals surface area (Å²) in [6, 6.07) is 6.02. The van der Waals surface area contributed by atoms with Crippen LogP contribution in [0.25, 0.3) is 10.9 Å². The summed E-state index contributed by atoms with van der Waals surface area (Å²) in [5, 5.41) is 13.6. The number of fused-ring (bicyclic) bond motifs is 1. The number of rotatable bonds is 6. The molecule has 4 rings (SSSR count). The molecule has 1 saturated heterocycles. The Bertz CT molecular complexity index is 1080. The third-order valence-electron chi connectivity index (χ3n) is 6.30. The lowest BCUT2D eigenvalue weighted by molar-refractivity contribution is -0.932. The highest BCUT2D eigenvalue weighted by Crippen LogP contribution is 2.23. The van der Waals surface area contributed by atoms with E-state index in [2.05, 4.69) is 40.4 Å². The highest BCUT2D eigenvalue weighted by Gasteiger charge is 2.36.